The molecule has 1 amide bonds. The Bertz CT molecular complexity index is 1020. The van der Waals surface area contributed by atoms with E-state index in [1.54, 1.807) is 4.90 Å². The molecule has 1 saturated heterocycles. The van der Waals surface area contributed by atoms with Crippen molar-refractivity contribution in [1.82, 2.24) is 19.8 Å². The summed E-state index contributed by atoms with van der Waals surface area (Å²) in [6.07, 6.45) is -3.47. The third-order valence-corrected chi connectivity index (χ3v) is 6.36. The second-order valence-electron chi connectivity index (χ2n) is 7.65. The summed E-state index contributed by atoms with van der Waals surface area (Å²) in [5, 5.41) is -0.0509. The quantitative estimate of drug-likeness (QED) is 0.390. The van der Waals surface area contributed by atoms with E-state index in [4.69, 9.17) is 0 Å². The maximum atomic E-state index is 12.8. The van der Waals surface area contributed by atoms with Crippen molar-refractivity contribution in [2.45, 2.75) is 17.4 Å². The first-order valence-corrected chi connectivity index (χ1v) is 11.5. The van der Waals surface area contributed by atoms with E-state index in [-0.39, 0.29) is 22.9 Å². The standard InChI is InChI=1S/C24H23F3N4OS/c25-24(26,27)20-11-12-28-23(29-20)33-17-21(32)30-13-15-31(16-14-30)22(18-7-3-1-4-8-18)19-9-5-2-6-10-19/h1-12,22H,13-17H2. The van der Waals surface area contributed by atoms with E-state index < -0.39 is 11.9 Å². The van der Waals surface area contributed by atoms with Crippen molar-refractivity contribution in [3.63, 3.8) is 0 Å². The molecular formula is C24H23F3N4OS. The Hall–Kier alpha value is -2.91. The van der Waals surface area contributed by atoms with Crippen LogP contribution in [0.2, 0.25) is 0 Å². The maximum absolute atomic E-state index is 12.8. The predicted octanol–water partition coefficient (Wildman–Crippen LogP) is 4.52. The van der Waals surface area contributed by atoms with E-state index in [1.165, 1.54) is 11.1 Å². The van der Waals surface area contributed by atoms with Crippen molar-refractivity contribution in [1.29, 1.82) is 0 Å². The Morgan fingerprint density at radius 1 is 0.909 bits per heavy atom. The summed E-state index contributed by atoms with van der Waals surface area (Å²) >= 11 is 0.926. The van der Waals surface area contributed by atoms with Crippen LogP contribution in [-0.4, -0.2) is 57.6 Å². The minimum Gasteiger partial charge on any atom is -0.339 e. The molecule has 1 aromatic heterocycles. The summed E-state index contributed by atoms with van der Waals surface area (Å²) in [5.74, 6) is -0.126. The van der Waals surface area contributed by atoms with Gasteiger partial charge in [-0.1, -0.05) is 72.4 Å². The van der Waals surface area contributed by atoms with E-state index in [0.29, 0.717) is 26.2 Å². The molecule has 0 N–H and O–H groups in total. The lowest BCUT2D eigenvalue weighted by Gasteiger charge is -2.39. The highest BCUT2D eigenvalue weighted by atomic mass is 32.2. The van der Waals surface area contributed by atoms with E-state index in [0.717, 1.165) is 24.0 Å². The monoisotopic (exact) mass is 472 g/mol. The molecule has 0 atom stereocenters. The molecule has 2 heterocycles. The Balaban J connectivity index is 1.37. The van der Waals surface area contributed by atoms with Crippen molar-refractivity contribution in [2.24, 2.45) is 0 Å². The minimum atomic E-state index is -4.54. The number of benzene rings is 2. The number of halogens is 3. The van der Waals surface area contributed by atoms with Gasteiger partial charge in [0.2, 0.25) is 5.91 Å². The molecule has 0 aliphatic carbocycles. The number of piperazine rings is 1. The van der Waals surface area contributed by atoms with Gasteiger partial charge in [0, 0.05) is 32.4 Å². The van der Waals surface area contributed by atoms with Gasteiger partial charge in [-0.3, -0.25) is 9.69 Å². The molecule has 172 valence electrons. The number of alkyl halides is 3. The van der Waals surface area contributed by atoms with Crippen LogP contribution in [0.3, 0.4) is 0 Å². The highest BCUT2D eigenvalue weighted by Gasteiger charge is 2.33. The molecule has 1 aliphatic rings. The molecule has 3 aromatic rings. The highest BCUT2D eigenvalue weighted by Crippen LogP contribution is 2.30. The molecule has 1 aliphatic heterocycles. The zero-order valence-corrected chi connectivity index (χ0v) is 18.6. The smallest absolute Gasteiger partial charge is 0.339 e. The number of hydrogen-bond acceptors (Lipinski definition) is 5. The summed E-state index contributed by atoms with van der Waals surface area (Å²) in [6, 6.07) is 21.5. The normalized spacial score (nSPS) is 15.1. The van der Waals surface area contributed by atoms with Crippen LogP contribution in [0.25, 0.3) is 0 Å². The van der Waals surface area contributed by atoms with E-state index >= 15 is 0 Å². The molecular weight excluding hydrogens is 449 g/mol. The summed E-state index contributed by atoms with van der Waals surface area (Å²) in [7, 11) is 0. The third-order valence-electron chi connectivity index (χ3n) is 5.51. The number of rotatable bonds is 6. The fourth-order valence-electron chi connectivity index (χ4n) is 3.90. The average molecular weight is 473 g/mol. The van der Waals surface area contributed by atoms with Crippen LogP contribution in [0.15, 0.2) is 78.1 Å². The van der Waals surface area contributed by atoms with Crippen LogP contribution in [-0.2, 0) is 11.0 Å². The van der Waals surface area contributed by atoms with Crippen molar-refractivity contribution in [3.05, 3.63) is 89.7 Å². The Kier molecular flexibility index (Phi) is 7.29. The summed E-state index contributed by atoms with van der Waals surface area (Å²) in [4.78, 5) is 24.1. The Morgan fingerprint density at radius 2 is 1.48 bits per heavy atom. The predicted molar refractivity (Wildman–Crippen MR) is 121 cm³/mol. The first-order valence-electron chi connectivity index (χ1n) is 10.6. The molecule has 0 radical (unpaired) electrons. The minimum absolute atomic E-state index is 0.00209. The Morgan fingerprint density at radius 3 is 2.03 bits per heavy atom. The fourth-order valence-corrected chi connectivity index (χ4v) is 4.63. The van der Waals surface area contributed by atoms with Gasteiger partial charge in [0.25, 0.3) is 0 Å². The van der Waals surface area contributed by atoms with Gasteiger partial charge in [-0.15, -0.1) is 0 Å². The number of thioether (sulfide) groups is 1. The second kappa shape index (κ2) is 10.4. The maximum Gasteiger partial charge on any atom is 0.433 e. The number of aromatic nitrogens is 2. The van der Waals surface area contributed by atoms with Gasteiger partial charge in [-0.25, -0.2) is 9.97 Å². The number of hydrogen-bond donors (Lipinski definition) is 0. The van der Waals surface area contributed by atoms with Crippen molar-refractivity contribution >= 4 is 17.7 Å². The zero-order chi connectivity index (χ0) is 23.3. The van der Waals surface area contributed by atoms with E-state index in [1.807, 2.05) is 36.4 Å². The number of carbonyl (C=O) groups excluding carboxylic acids is 1. The van der Waals surface area contributed by atoms with Crippen LogP contribution in [0.4, 0.5) is 13.2 Å². The third kappa shape index (κ3) is 5.91. The van der Waals surface area contributed by atoms with Gasteiger partial charge in [0.1, 0.15) is 5.69 Å². The molecule has 1 fully saturated rings. The van der Waals surface area contributed by atoms with Gasteiger partial charge in [0.15, 0.2) is 5.16 Å². The van der Waals surface area contributed by atoms with Gasteiger partial charge in [-0.05, 0) is 17.2 Å². The van der Waals surface area contributed by atoms with Crippen molar-refractivity contribution in [3.8, 4) is 0 Å². The van der Waals surface area contributed by atoms with Gasteiger partial charge in [0.05, 0.1) is 11.8 Å². The fraction of sp³-hybridized carbons (Fsp3) is 0.292. The number of amides is 1. The lowest BCUT2D eigenvalue weighted by Crippen LogP contribution is -2.50. The lowest BCUT2D eigenvalue weighted by atomic mass is 9.96. The number of nitrogens with zero attached hydrogens (tertiary/aromatic N) is 4. The van der Waals surface area contributed by atoms with Crippen molar-refractivity contribution < 1.29 is 18.0 Å². The summed E-state index contributed by atoms with van der Waals surface area (Å²) in [5.41, 5.74) is 1.38. The molecule has 0 spiro atoms. The second-order valence-corrected chi connectivity index (χ2v) is 8.59. The summed E-state index contributed by atoms with van der Waals surface area (Å²) in [6.45, 7) is 2.51. The van der Waals surface area contributed by atoms with Gasteiger partial charge in [-0.2, -0.15) is 13.2 Å². The molecule has 0 saturated carbocycles. The molecule has 4 rings (SSSR count). The number of carbonyl (C=O) groups is 1. The highest BCUT2D eigenvalue weighted by molar-refractivity contribution is 7.99. The van der Waals surface area contributed by atoms with Crippen LogP contribution < -0.4 is 0 Å². The molecule has 2 aromatic carbocycles. The molecule has 9 heteroatoms. The first-order chi connectivity index (χ1) is 15.9. The molecule has 0 bridgehead atoms. The summed E-state index contributed by atoms with van der Waals surface area (Å²) < 4.78 is 38.5. The van der Waals surface area contributed by atoms with Crippen LogP contribution in [0.5, 0.6) is 0 Å². The topological polar surface area (TPSA) is 49.3 Å². The lowest BCUT2D eigenvalue weighted by molar-refractivity contribution is -0.141. The first kappa shape index (κ1) is 23.3. The van der Waals surface area contributed by atoms with Crippen LogP contribution in [0.1, 0.15) is 22.9 Å². The Labute approximate surface area is 194 Å². The van der Waals surface area contributed by atoms with Gasteiger partial charge >= 0.3 is 6.18 Å². The van der Waals surface area contributed by atoms with Crippen LogP contribution in [0, 0.1) is 0 Å². The molecule has 5 nitrogen and oxygen atoms in total. The average Bonchev–Trinajstić information content (AvgIpc) is 2.84. The van der Waals surface area contributed by atoms with Gasteiger partial charge < -0.3 is 4.90 Å². The zero-order valence-electron chi connectivity index (χ0n) is 17.8. The van der Waals surface area contributed by atoms with Crippen LogP contribution >= 0.6 is 11.8 Å². The van der Waals surface area contributed by atoms with E-state index in [2.05, 4.69) is 39.1 Å². The molecule has 33 heavy (non-hydrogen) atoms. The van der Waals surface area contributed by atoms with Crippen molar-refractivity contribution in [2.75, 3.05) is 31.9 Å². The SMILES string of the molecule is O=C(CSc1nccc(C(F)(F)F)n1)N1CCN(C(c2ccccc2)c2ccccc2)CC1. The molecule has 0 unspecified atom stereocenters. The van der Waals surface area contributed by atoms with E-state index in [9.17, 15) is 18.0 Å². The largest absolute Gasteiger partial charge is 0.433 e.